The Balaban J connectivity index is 1.74. The molecule has 0 fully saturated rings. The lowest BCUT2D eigenvalue weighted by Crippen LogP contribution is -2.28. The van der Waals surface area contributed by atoms with Crippen LogP contribution in [0.4, 0.5) is 0 Å². The topological polar surface area (TPSA) is 43.0 Å². The maximum absolute atomic E-state index is 12.9. The fourth-order valence-electron chi connectivity index (χ4n) is 4.59. The van der Waals surface area contributed by atoms with Crippen molar-refractivity contribution in [1.29, 1.82) is 0 Å². The zero-order valence-corrected chi connectivity index (χ0v) is 19.6. The van der Waals surface area contributed by atoms with E-state index in [4.69, 9.17) is 0 Å². The molecule has 0 saturated carbocycles. The first-order valence-corrected chi connectivity index (χ1v) is 11.6. The third kappa shape index (κ3) is 4.15. The molecule has 1 heterocycles. The SMILES string of the molecule is CC/[N+]([O-])=c1/c2ccccc2n(CCCNC(C)c2ccccc2)c2c(C)c(C)ccc12. The second-order valence-electron chi connectivity index (χ2n) is 8.56. The molecular formula is C28H33N3O. The van der Waals surface area contributed by atoms with E-state index in [1.54, 1.807) is 0 Å². The summed E-state index contributed by atoms with van der Waals surface area (Å²) in [6.45, 7) is 10.7. The standard InChI is InChI=1S/C28H33N3O/c1-5-31(32)28-24-14-9-10-15-26(24)30(27-21(3)20(2)16-17-25(27)28)19-11-18-29-22(4)23-12-7-6-8-13-23/h6-10,12-17,22,29H,5,11,18-19H2,1-4H3/b31-28+. The monoisotopic (exact) mass is 427 g/mol. The number of hydrogen-bond donors (Lipinski definition) is 1. The Hall–Kier alpha value is -3.11. The molecule has 3 aromatic carbocycles. The number of rotatable bonds is 7. The predicted molar refractivity (Wildman–Crippen MR) is 136 cm³/mol. The summed E-state index contributed by atoms with van der Waals surface area (Å²) in [6, 6.07) is 23.4. The van der Waals surface area contributed by atoms with Gasteiger partial charge in [0, 0.05) is 12.6 Å². The smallest absolute Gasteiger partial charge is 0.229 e. The molecule has 0 spiro atoms. The maximum atomic E-state index is 12.9. The van der Waals surface area contributed by atoms with E-state index in [0.717, 1.165) is 45.9 Å². The molecule has 0 aliphatic carbocycles. The predicted octanol–water partition coefficient (Wildman–Crippen LogP) is 5.44. The fourth-order valence-corrected chi connectivity index (χ4v) is 4.59. The number of nitrogens with one attached hydrogen (secondary N) is 1. The molecule has 166 valence electrons. The zero-order chi connectivity index (χ0) is 22.7. The quantitative estimate of drug-likeness (QED) is 0.185. The molecule has 0 aliphatic rings. The molecule has 4 aromatic rings. The van der Waals surface area contributed by atoms with Crippen molar-refractivity contribution in [1.82, 2.24) is 14.6 Å². The highest BCUT2D eigenvalue weighted by Crippen LogP contribution is 2.25. The summed E-state index contributed by atoms with van der Waals surface area (Å²) in [6.07, 6.45) is 1.00. The minimum Gasteiger partial charge on any atom is -0.623 e. The summed E-state index contributed by atoms with van der Waals surface area (Å²) in [4.78, 5) is 0. The van der Waals surface area contributed by atoms with Crippen LogP contribution in [0.5, 0.6) is 0 Å². The van der Waals surface area contributed by atoms with E-state index in [0.29, 0.717) is 12.6 Å². The van der Waals surface area contributed by atoms with Crippen molar-refractivity contribution >= 4 is 21.8 Å². The van der Waals surface area contributed by atoms with Gasteiger partial charge < -0.3 is 15.1 Å². The molecule has 0 radical (unpaired) electrons. The van der Waals surface area contributed by atoms with Gasteiger partial charge in [0.15, 0.2) is 6.54 Å². The van der Waals surface area contributed by atoms with Crippen LogP contribution >= 0.6 is 0 Å². The number of para-hydroxylation sites is 1. The van der Waals surface area contributed by atoms with Gasteiger partial charge >= 0.3 is 0 Å². The molecule has 4 nitrogen and oxygen atoms in total. The van der Waals surface area contributed by atoms with Crippen molar-refractivity contribution in [3.05, 3.63) is 94.0 Å². The minimum absolute atomic E-state index is 0.319. The number of hydroxylamine groups is 1. The Morgan fingerprint density at radius 2 is 1.66 bits per heavy atom. The Labute approximate surface area is 190 Å². The van der Waals surface area contributed by atoms with E-state index in [1.807, 2.05) is 13.0 Å². The van der Waals surface area contributed by atoms with Crippen molar-refractivity contribution in [3.63, 3.8) is 0 Å². The van der Waals surface area contributed by atoms with E-state index < -0.39 is 0 Å². The van der Waals surface area contributed by atoms with Crippen LogP contribution in [0, 0.1) is 19.1 Å². The number of aryl methyl sites for hydroxylation is 3. The molecule has 0 saturated heterocycles. The Bertz CT molecular complexity index is 1310. The molecule has 4 rings (SSSR count). The Kier molecular flexibility index (Phi) is 6.61. The van der Waals surface area contributed by atoms with Gasteiger partial charge in [0.05, 0.1) is 21.8 Å². The summed E-state index contributed by atoms with van der Waals surface area (Å²) >= 11 is 0. The van der Waals surface area contributed by atoms with Crippen LogP contribution in [-0.4, -0.2) is 17.7 Å². The lowest BCUT2D eigenvalue weighted by molar-refractivity contribution is 0.534. The van der Waals surface area contributed by atoms with Crippen molar-refractivity contribution in [3.8, 4) is 0 Å². The molecule has 1 unspecified atom stereocenters. The molecule has 0 aliphatic heterocycles. The first kappa shape index (κ1) is 22.1. The first-order chi connectivity index (χ1) is 15.5. The van der Waals surface area contributed by atoms with E-state index in [2.05, 4.69) is 91.3 Å². The van der Waals surface area contributed by atoms with Gasteiger partial charge in [-0.25, -0.2) is 4.74 Å². The summed E-state index contributed by atoms with van der Waals surface area (Å²) in [5.41, 5.74) is 6.09. The van der Waals surface area contributed by atoms with Gasteiger partial charge in [-0.15, -0.1) is 0 Å². The zero-order valence-electron chi connectivity index (χ0n) is 19.6. The largest absolute Gasteiger partial charge is 0.623 e. The van der Waals surface area contributed by atoms with Crippen molar-refractivity contribution in [2.24, 2.45) is 0 Å². The van der Waals surface area contributed by atoms with Gasteiger partial charge in [-0.05, 0) is 75.5 Å². The van der Waals surface area contributed by atoms with Gasteiger partial charge in [-0.1, -0.05) is 48.5 Å². The summed E-state index contributed by atoms with van der Waals surface area (Å²) in [5.74, 6) is 0. The fraction of sp³-hybridized carbons (Fsp3) is 0.321. The van der Waals surface area contributed by atoms with E-state index in [1.165, 1.54) is 22.2 Å². The maximum Gasteiger partial charge on any atom is 0.229 e. The van der Waals surface area contributed by atoms with Crippen molar-refractivity contribution in [2.45, 2.75) is 46.7 Å². The molecule has 1 atom stereocenters. The lowest BCUT2D eigenvalue weighted by Gasteiger charge is -2.20. The highest BCUT2D eigenvalue weighted by atomic mass is 16.5. The second kappa shape index (κ2) is 9.58. The van der Waals surface area contributed by atoms with Gasteiger partial charge in [0.25, 0.3) is 0 Å². The van der Waals surface area contributed by atoms with E-state index in [-0.39, 0.29) is 0 Å². The van der Waals surface area contributed by atoms with Gasteiger partial charge in [-0.3, -0.25) is 0 Å². The average molecular weight is 428 g/mol. The van der Waals surface area contributed by atoms with Crippen LogP contribution in [0.3, 0.4) is 0 Å². The van der Waals surface area contributed by atoms with E-state index in [9.17, 15) is 5.21 Å². The van der Waals surface area contributed by atoms with Crippen LogP contribution in [0.1, 0.15) is 43.0 Å². The minimum atomic E-state index is 0.319. The number of benzene rings is 3. The Morgan fingerprint density at radius 3 is 2.41 bits per heavy atom. The molecule has 32 heavy (non-hydrogen) atoms. The molecule has 0 amide bonds. The number of fused-ring (bicyclic) bond motifs is 2. The normalized spacial score (nSPS) is 13.5. The van der Waals surface area contributed by atoms with Crippen LogP contribution in [0.25, 0.3) is 21.8 Å². The second-order valence-corrected chi connectivity index (χ2v) is 8.56. The Morgan fingerprint density at radius 1 is 0.938 bits per heavy atom. The van der Waals surface area contributed by atoms with E-state index >= 15 is 0 Å². The van der Waals surface area contributed by atoms with Crippen molar-refractivity contribution in [2.75, 3.05) is 13.1 Å². The molecular weight excluding hydrogens is 394 g/mol. The van der Waals surface area contributed by atoms with Crippen LogP contribution < -0.4 is 15.4 Å². The third-order valence-corrected chi connectivity index (χ3v) is 6.52. The summed E-state index contributed by atoms with van der Waals surface area (Å²) in [7, 11) is 0. The van der Waals surface area contributed by atoms with Crippen LogP contribution in [0.2, 0.25) is 0 Å². The molecule has 4 heteroatoms. The number of hydrogen-bond acceptors (Lipinski definition) is 2. The van der Waals surface area contributed by atoms with Crippen molar-refractivity contribution < 1.29 is 0 Å². The first-order valence-electron chi connectivity index (χ1n) is 11.6. The number of aromatic nitrogens is 1. The number of pyridine rings is 1. The average Bonchev–Trinajstić information content (AvgIpc) is 2.83. The number of nitrogens with zero attached hydrogens (tertiary/aromatic N) is 2. The molecule has 1 N–H and O–H groups in total. The third-order valence-electron chi connectivity index (χ3n) is 6.52. The summed E-state index contributed by atoms with van der Waals surface area (Å²) in [5, 5.41) is 19.4. The molecule has 1 aromatic heterocycles. The van der Waals surface area contributed by atoms with Gasteiger partial charge in [0.2, 0.25) is 5.36 Å². The highest BCUT2D eigenvalue weighted by Gasteiger charge is 2.16. The van der Waals surface area contributed by atoms with Crippen LogP contribution in [-0.2, 0) is 6.54 Å². The summed E-state index contributed by atoms with van der Waals surface area (Å²) < 4.78 is 3.54. The lowest BCUT2D eigenvalue weighted by atomic mass is 10.0. The van der Waals surface area contributed by atoms with Gasteiger partial charge in [-0.2, -0.15) is 0 Å². The highest BCUT2D eigenvalue weighted by molar-refractivity contribution is 5.95. The van der Waals surface area contributed by atoms with Crippen LogP contribution in [0.15, 0.2) is 66.7 Å². The van der Waals surface area contributed by atoms with Gasteiger partial charge in [0.1, 0.15) is 0 Å². The molecule has 0 bridgehead atoms.